The lowest BCUT2D eigenvalue weighted by atomic mass is 10.1. The van der Waals surface area contributed by atoms with Gasteiger partial charge in [0.05, 0.1) is 18.6 Å². The van der Waals surface area contributed by atoms with Crippen LogP contribution in [0.5, 0.6) is 0 Å². The zero-order valence-electron chi connectivity index (χ0n) is 16.7. The molecule has 30 heavy (non-hydrogen) atoms. The second kappa shape index (κ2) is 7.55. The van der Waals surface area contributed by atoms with E-state index in [9.17, 15) is 4.79 Å². The average molecular weight is 395 g/mol. The molecule has 148 valence electrons. The molecule has 0 saturated heterocycles. The number of anilines is 1. The molecule has 2 heterocycles. The lowest BCUT2D eigenvalue weighted by molar-refractivity contribution is 0.102. The minimum Gasteiger partial charge on any atom is -0.341 e. The summed E-state index contributed by atoms with van der Waals surface area (Å²) in [6.07, 6.45) is 0. The highest BCUT2D eigenvalue weighted by Crippen LogP contribution is 2.31. The van der Waals surface area contributed by atoms with Crippen LogP contribution in [-0.4, -0.2) is 29.4 Å². The Bertz CT molecular complexity index is 1310. The average Bonchev–Trinajstić information content (AvgIpc) is 3.12. The van der Waals surface area contributed by atoms with Gasteiger partial charge in [0.25, 0.3) is 5.91 Å². The van der Waals surface area contributed by atoms with Gasteiger partial charge in [-0.1, -0.05) is 36.4 Å². The molecule has 0 bridgehead atoms. The number of hydrogen-bond acceptors (Lipinski definition) is 4. The van der Waals surface area contributed by atoms with Crippen molar-refractivity contribution in [3.63, 3.8) is 0 Å². The SMILES string of the molecule is CCn1c2ccccc2c2ccc(NC(=O)c3ccc(C4=NCCN=N4)cc3)cc21. The fraction of sp³-hybridized carbons (Fsp3) is 0.167. The Hall–Kier alpha value is -3.80. The van der Waals surface area contributed by atoms with Gasteiger partial charge in [-0.05, 0) is 37.3 Å². The van der Waals surface area contributed by atoms with Crippen molar-refractivity contribution in [2.75, 3.05) is 18.4 Å². The largest absolute Gasteiger partial charge is 0.341 e. The van der Waals surface area contributed by atoms with Crippen molar-refractivity contribution in [1.29, 1.82) is 0 Å². The van der Waals surface area contributed by atoms with E-state index in [4.69, 9.17) is 0 Å². The van der Waals surface area contributed by atoms with Crippen LogP contribution in [0.2, 0.25) is 0 Å². The molecule has 0 aliphatic carbocycles. The molecule has 1 aliphatic heterocycles. The monoisotopic (exact) mass is 395 g/mol. The Morgan fingerprint density at radius 3 is 2.53 bits per heavy atom. The molecule has 0 spiro atoms. The topological polar surface area (TPSA) is 71.1 Å². The van der Waals surface area contributed by atoms with E-state index in [1.54, 1.807) is 12.1 Å². The predicted octanol–water partition coefficient (Wildman–Crippen LogP) is 5.28. The molecule has 6 nitrogen and oxygen atoms in total. The van der Waals surface area contributed by atoms with Crippen molar-refractivity contribution < 1.29 is 4.79 Å². The van der Waals surface area contributed by atoms with Crippen molar-refractivity contribution in [2.45, 2.75) is 13.5 Å². The molecule has 0 unspecified atom stereocenters. The second-order valence-corrected chi connectivity index (χ2v) is 7.20. The fourth-order valence-electron chi connectivity index (χ4n) is 3.94. The van der Waals surface area contributed by atoms with E-state index in [-0.39, 0.29) is 5.91 Å². The smallest absolute Gasteiger partial charge is 0.255 e. The van der Waals surface area contributed by atoms with E-state index in [1.807, 2.05) is 24.3 Å². The molecule has 0 radical (unpaired) electrons. The third-order valence-corrected chi connectivity index (χ3v) is 5.38. The fourth-order valence-corrected chi connectivity index (χ4v) is 3.94. The zero-order chi connectivity index (χ0) is 20.5. The maximum Gasteiger partial charge on any atom is 0.255 e. The Labute approximate surface area is 174 Å². The summed E-state index contributed by atoms with van der Waals surface area (Å²) in [6.45, 7) is 4.28. The van der Waals surface area contributed by atoms with E-state index < -0.39 is 0 Å². The number of nitrogens with one attached hydrogen (secondary N) is 1. The Morgan fingerprint density at radius 2 is 1.77 bits per heavy atom. The Balaban J connectivity index is 1.42. The van der Waals surface area contributed by atoms with Gasteiger partial charge in [-0.15, -0.1) is 5.11 Å². The lowest BCUT2D eigenvalue weighted by Crippen LogP contribution is -2.12. The second-order valence-electron chi connectivity index (χ2n) is 7.20. The number of rotatable bonds is 4. The van der Waals surface area contributed by atoms with Gasteiger partial charge < -0.3 is 9.88 Å². The number of para-hydroxylation sites is 1. The Kier molecular flexibility index (Phi) is 4.59. The predicted molar refractivity (Wildman–Crippen MR) is 121 cm³/mol. The van der Waals surface area contributed by atoms with Crippen LogP contribution in [0.15, 0.2) is 82.0 Å². The van der Waals surface area contributed by atoms with Gasteiger partial charge in [0.15, 0.2) is 5.84 Å². The summed E-state index contributed by atoms with van der Waals surface area (Å²) >= 11 is 0. The van der Waals surface area contributed by atoms with Crippen molar-refractivity contribution in [1.82, 2.24) is 4.57 Å². The molecule has 1 aliphatic rings. The molecule has 5 rings (SSSR count). The molecular formula is C24H21N5O. The first-order valence-electron chi connectivity index (χ1n) is 10.1. The number of aromatic nitrogens is 1. The molecule has 4 aromatic rings. The number of amidine groups is 1. The van der Waals surface area contributed by atoms with Crippen LogP contribution < -0.4 is 5.32 Å². The number of benzene rings is 3. The van der Waals surface area contributed by atoms with E-state index in [1.165, 1.54) is 16.3 Å². The number of azo groups is 1. The number of amides is 1. The number of hydrogen-bond donors (Lipinski definition) is 1. The number of fused-ring (bicyclic) bond motifs is 3. The number of aliphatic imine (C=N–C) groups is 1. The molecular weight excluding hydrogens is 374 g/mol. The van der Waals surface area contributed by atoms with Crippen LogP contribution in [-0.2, 0) is 6.54 Å². The number of carbonyl (C=O) groups is 1. The first-order chi connectivity index (χ1) is 14.7. The highest BCUT2D eigenvalue weighted by atomic mass is 16.1. The highest BCUT2D eigenvalue weighted by molar-refractivity contribution is 6.11. The molecule has 6 heteroatoms. The minimum absolute atomic E-state index is 0.146. The third-order valence-electron chi connectivity index (χ3n) is 5.38. The Morgan fingerprint density at radius 1 is 0.967 bits per heavy atom. The number of nitrogens with zero attached hydrogens (tertiary/aromatic N) is 4. The molecule has 3 aromatic carbocycles. The molecule has 1 N–H and O–H groups in total. The summed E-state index contributed by atoms with van der Waals surface area (Å²) in [5, 5.41) is 13.5. The molecule has 1 amide bonds. The van der Waals surface area contributed by atoms with Crippen LogP contribution in [0.25, 0.3) is 21.8 Å². The van der Waals surface area contributed by atoms with Crippen LogP contribution in [0.4, 0.5) is 5.69 Å². The normalized spacial score (nSPS) is 13.6. The highest BCUT2D eigenvalue weighted by Gasteiger charge is 2.12. The van der Waals surface area contributed by atoms with Gasteiger partial charge in [-0.25, -0.2) is 0 Å². The van der Waals surface area contributed by atoms with E-state index in [2.05, 4.69) is 62.4 Å². The van der Waals surface area contributed by atoms with Gasteiger partial charge in [0, 0.05) is 39.6 Å². The summed E-state index contributed by atoms with van der Waals surface area (Å²) in [7, 11) is 0. The lowest BCUT2D eigenvalue weighted by Gasteiger charge is -2.09. The molecule has 0 fully saturated rings. The summed E-state index contributed by atoms with van der Waals surface area (Å²) in [6, 6.07) is 21.8. The van der Waals surface area contributed by atoms with Crippen molar-refractivity contribution >= 4 is 39.2 Å². The molecule has 1 aromatic heterocycles. The maximum atomic E-state index is 12.8. The summed E-state index contributed by atoms with van der Waals surface area (Å²) < 4.78 is 2.27. The number of carbonyl (C=O) groups excluding carboxylic acids is 1. The van der Waals surface area contributed by atoms with E-state index >= 15 is 0 Å². The van der Waals surface area contributed by atoms with Crippen molar-refractivity contribution in [2.24, 2.45) is 15.2 Å². The van der Waals surface area contributed by atoms with Gasteiger partial charge in [0.2, 0.25) is 0 Å². The van der Waals surface area contributed by atoms with Crippen LogP contribution in [0.3, 0.4) is 0 Å². The summed E-state index contributed by atoms with van der Waals surface area (Å²) in [5.41, 5.74) is 4.55. The van der Waals surface area contributed by atoms with Gasteiger partial charge in [0.1, 0.15) is 0 Å². The van der Waals surface area contributed by atoms with Crippen LogP contribution >= 0.6 is 0 Å². The number of aryl methyl sites for hydroxylation is 1. The third kappa shape index (κ3) is 3.16. The summed E-state index contributed by atoms with van der Waals surface area (Å²) in [4.78, 5) is 17.1. The van der Waals surface area contributed by atoms with Crippen molar-refractivity contribution in [3.05, 3.63) is 77.9 Å². The van der Waals surface area contributed by atoms with Crippen LogP contribution in [0, 0.1) is 0 Å². The first kappa shape index (κ1) is 18.2. The van der Waals surface area contributed by atoms with Gasteiger partial charge >= 0.3 is 0 Å². The quantitative estimate of drug-likeness (QED) is 0.502. The maximum absolute atomic E-state index is 12.8. The standard InChI is InChI=1S/C24H21N5O/c1-2-29-21-6-4-3-5-19(21)20-12-11-18(15-22(20)29)27-24(30)17-9-7-16(8-10-17)23-25-13-14-26-28-23/h3-12,15H,2,13-14H2,1H3,(H,27,30). The van der Waals surface area contributed by atoms with Gasteiger partial charge in [-0.2, -0.15) is 5.11 Å². The summed E-state index contributed by atoms with van der Waals surface area (Å²) in [5.74, 6) is 0.471. The first-order valence-corrected chi connectivity index (χ1v) is 10.1. The van der Waals surface area contributed by atoms with Gasteiger partial charge in [-0.3, -0.25) is 9.79 Å². The zero-order valence-corrected chi connectivity index (χ0v) is 16.7. The van der Waals surface area contributed by atoms with E-state index in [0.717, 1.165) is 23.3 Å². The van der Waals surface area contributed by atoms with Crippen LogP contribution in [0.1, 0.15) is 22.8 Å². The molecule has 0 atom stereocenters. The van der Waals surface area contributed by atoms with E-state index in [0.29, 0.717) is 24.5 Å². The molecule has 0 saturated carbocycles. The minimum atomic E-state index is -0.146. The van der Waals surface area contributed by atoms with Crippen molar-refractivity contribution in [3.8, 4) is 0 Å².